The topological polar surface area (TPSA) is 39.7 Å². The van der Waals surface area contributed by atoms with E-state index in [2.05, 4.69) is 32.2 Å². The SMILES string of the molecule is CCCNC(CC(C)(C)OC)c1ccc(OC)c(OC)c1. The van der Waals surface area contributed by atoms with Crippen LogP contribution in [0.15, 0.2) is 18.2 Å². The third-order valence-corrected chi connectivity index (χ3v) is 3.70. The van der Waals surface area contributed by atoms with Crippen LogP contribution in [-0.2, 0) is 4.74 Å². The van der Waals surface area contributed by atoms with E-state index in [4.69, 9.17) is 14.2 Å². The second-order valence-electron chi connectivity index (χ2n) is 5.79. The van der Waals surface area contributed by atoms with E-state index >= 15 is 0 Å². The molecule has 0 heterocycles. The molecule has 1 N–H and O–H groups in total. The van der Waals surface area contributed by atoms with Crippen molar-refractivity contribution in [3.8, 4) is 11.5 Å². The van der Waals surface area contributed by atoms with Gasteiger partial charge in [-0.2, -0.15) is 0 Å². The van der Waals surface area contributed by atoms with E-state index in [9.17, 15) is 0 Å². The van der Waals surface area contributed by atoms with Crippen LogP contribution in [0.3, 0.4) is 0 Å². The molecule has 0 amide bonds. The van der Waals surface area contributed by atoms with Gasteiger partial charge >= 0.3 is 0 Å². The van der Waals surface area contributed by atoms with E-state index in [1.165, 1.54) is 5.56 Å². The third-order valence-electron chi connectivity index (χ3n) is 3.70. The lowest BCUT2D eigenvalue weighted by atomic mass is 9.93. The van der Waals surface area contributed by atoms with Gasteiger partial charge in [-0.1, -0.05) is 13.0 Å². The van der Waals surface area contributed by atoms with Crippen molar-refractivity contribution in [1.29, 1.82) is 0 Å². The Kier molecular flexibility index (Phi) is 6.99. The van der Waals surface area contributed by atoms with Gasteiger partial charge in [-0.05, 0) is 50.9 Å². The summed E-state index contributed by atoms with van der Waals surface area (Å²) in [6.07, 6.45) is 1.98. The summed E-state index contributed by atoms with van der Waals surface area (Å²) in [7, 11) is 5.07. The zero-order valence-corrected chi connectivity index (χ0v) is 14.2. The molecular formula is C17H29NO3. The number of methoxy groups -OCH3 is 3. The van der Waals surface area contributed by atoms with Gasteiger partial charge in [0.1, 0.15) is 0 Å². The van der Waals surface area contributed by atoms with Gasteiger partial charge in [0, 0.05) is 13.2 Å². The molecule has 0 spiro atoms. The number of rotatable bonds is 9. The van der Waals surface area contributed by atoms with E-state index in [-0.39, 0.29) is 11.6 Å². The molecule has 4 heteroatoms. The highest BCUT2D eigenvalue weighted by Crippen LogP contribution is 2.33. The average Bonchev–Trinajstić information content (AvgIpc) is 2.50. The molecule has 1 aromatic rings. The quantitative estimate of drug-likeness (QED) is 0.756. The Morgan fingerprint density at radius 2 is 1.76 bits per heavy atom. The molecule has 1 unspecified atom stereocenters. The van der Waals surface area contributed by atoms with Crippen LogP contribution in [0.5, 0.6) is 11.5 Å². The molecule has 0 bridgehead atoms. The first-order valence-electron chi connectivity index (χ1n) is 7.47. The molecule has 0 aliphatic carbocycles. The van der Waals surface area contributed by atoms with Gasteiger partial charge < -0.3 is 19.5 Å². The molecule has 120 valence electrons. The Labute approximate surface area is 128 Å². The van der Waals surface area contributed by atoms with Crippen LogP contribution in [0.1, 0.15) is 45.2 Å². The molecular weight excluding hydrogens is 266 g/mol. The Hall–Kier alpha value is -1.26. The van der Waals surface area contributed by atoms with Gasteiger partial charge in [-0.15, -0.1) is 0 Å². The highest BCUT2D eigenvalue weighted by atomic mass is 16.5. The third kappa shape index (κ3) is 5.21. The number of hydrogen-bond acceptors (Lipinski definition) is 4. The van der Waals surface area contributed by atoms with E-state index in [0.717, 1.165) is 30.9 Å². The van der Waals surface area contributed by atoms with Crippen molar-refractivity contribution in [1.82, 2.24) is 5.32 Å². The second-order valence-corrected chi connectivity index (χ2v) is 5.79. The van der Waals surface area contributed by atoms with Gasteiger partial charge in [0.2, 0.25) is 0 Å². The van der Waals surface area contributed by atoms with E-state index < -0.39 is 0 Å². The highest BCUT2D eigenvalue weighted by molar-refractivity contribution is 5.43. The molecule has 0 radical (unpaired) electrons. The monoisotopic (exact) mass is 295 g/mol. The molecule has 0 saturated heterocycles. The molecule has 0 aliphatic heterocycles. The summed E-state index contributed by atoms with van der Waals surface area (Å²) < 4.78 is 16.3. The standard InChI is InChI=1S/C17H29NO3/c1-7-10-18-14(12-17(2,3)21-6)13-8-9-15(19-4)16(11-13)20-5/h8-9,11,14,18H,7,10,12H2,1-6H3. The first kappa shape index (κ1) is 17.8. The smallest absolute Gasteiger partial charge is 0.161 e. The van der Waals surface area contributed by atoms with Gasteiger partial charge in [0.25, 0.3) is 0 Å². The summed E-state index contributed by atoms with van der Waals surface area (Å²) in [5.74, 6) is 1.51. The van der Waals surface area contributed by atoms with Gasteiger partial charge in [0.15, 0.2) is 11.5 Å². The minimum Gasteiger partial charge on any atom is -0.493 e. The Morgan fingerprint density at radius 1 is 1.10 bits per heavy atom. The lowest BCUT2D eigenvalue weighted by molar-refractivity contribution is 0.00683. The highest BCUT2D eigenvalue weighted by Gasteiger charge is 2.24. The summed E-state index contributed by atoms with van der Waals surface area (Å²) in [5.41, 5.74) is 1.00. The summed E-state index contributed by atoms with van der Waals surface area (Å²) in [5, 5.41) is 3.59. The van der Waals surface area contributed by atoms with E-state index in [0.29, 0.717) is 0 Å². The number of benzene rings is 1. The number of hydrogen-bond donors (Lipinski definition) is 1. The molecule has 0 aliphatic rings. The van der Waals surface area contributed by atoms with Crippen molar-refractivity contribution >= 4 is 0 Å². The second kappa shape index (κ2) is 8.25. The van der Waals surface area contributed by atoms with Crippen molar-refractivity contribution in [3.63, 3.8) is 0 Å². The van der Waals surface area contributed by atoms with E-state index in [1.807, 2.05) is 12.1 Å². The number of ether oxygens (including phenoxy) is 3. The number of nitrogens with one attached hydrogen (secondary N) is 1. The Balaban J connectivity index is 3.01. The van der Waals surface area contributed by atoms with Crippen molar-refractivity contribution in [3.05, 3.63) is 23.8 Å². The average molecular weight is 295 g/mol. The predicted octanol–water partition coefficient (Wildman–Crippen LogP) is 3.56. The first-order valence-corrected chi connectivity index (χ1v) is 7.47. The zero-order valence-electron chi connectivity index (χ0n) is 14.2. The maximum Gasteiger partial charge on any atom is 0.161 e. The molecule has 0 fully saturated rings. The molecule has 1 atom stereocenters. The fourth-order valence-corrected chi connectivity index (χ4v) is 2.27. The fraction of sp³-hybridized carbons (Fsp3) is 0.647. The van der Waals surface area contributed by atoms with Crippen LogP contribution in [0.25, 0.3) is 0 Å². The predicted molar refractivity (Wildman–Crippen MR) is 86.3 cm³/mol. The van der Waals surface area contributed by atoms with Crippen molar-refractivity contribution in [2.45, 2.75) is 45.3 Å². The molecule has 0 aromatic heterocycles. The lowest BCUT2D eigenvalue weighted by Gasteiger charge is -2.30. The maximum atomic E-state index is 5.58. The van der Waals surface area contributed by atoms with Crippen LogP contribution >= 0.6 is 0 Å². The first-order chi connectivity index (χ1) is 9.97. The van der Waals surface area contributed by atoms with E-state index in [1.54, 1.807) is 21.3 Å². The Morgan fingerprint density at radius 3 is 2.29 bits per heavy atom. The molecule has 1 rings (SSSR count). The van der Waals surface area contributed by atoms with Crippen molar-refractivity contribution in [2.75, 3.05) is 27.9 Å². The molecule has 21 heavy (non-hydrogen) atoms. The summed E-state index contributed by atoms with van der Waals surface area (Å²) >= 11 is 0. The van der Waals surface area contributed by atoms with Gasteiger partial charge in [-0.3, -0.25) is 0 Å². The van der Waals surface area contributed by atoms with Crippen LogP contribution in [0.2, 0.25) is 0 Å². The lowest BCUT2D eigenvalue weighted by Crippen LogP contribution is -2.32. The summed E-state index contributed by atoms with van der Waals surface area (Å²) in [6, 6.07) is 6.30. The minimum absolute atomic E-state index is 0.182. The summed E-state index contributed by atoms with van der Waals surface area (Å²) in [6.45, 7) is 7.35. The van der Waals surface area contributed by atoms with Gasteiger partial charge in [-0.25, -0.2) is 0 Å². The molecule has 0 saturated carbocycles. The zero-order chi connectivity index (χ0) is 15.9. The van der Waals surface area contributed by atoms with Crippen LogP contribution < -0.4 is 14.8 Å². The van der Waals surface area contributed by atoms with Crippen LogP contribution in [0.4, 0.5) is 0 Å². The largest absolute Gasteiger partial charge is 0.493 e. The molecule has 4 nitrogen and oxygen atoms in total. The Bertz CT molecular complexity index is 432. The fourth-order valence-electron chi connectivity index (χ4n) is 2.27. The van der Waals surface area contributed by atoms with Gasteiger partial charge in [0.05, 0.1) is 19.8 Å². The van der Waals surface area contributed by atoms with Crippen molar-refractivity contribution in [2.24, 2.45) is 0 Å². The minimum atomic E-state index is -0.182. The van der Waals surface area contributed by atoms with Crippen LogP contribution in [-0.4, -0.2) is 33.5 Å². The normalized spacial score (nSPS) is 13.0. The van der Waals surface area contributed by atoms with Crippen LogP contribution in [0, 0.1) is 0 Å². The maximum absolute atomic E-state index is 5.58. The molecule has 1 aromatic carbocycles. The van der Waals surface area contributed by atoms with Crippen molar-refractivity contribution < 1.29 is 14.2 Å². The summed E-state index contributed by atoms with van der Waals surface area (Å²) in [4.78, 5) is 0.